The fraction of sp³-hybridized carbons (Fsp3) is 0.207. The number of nitrogens with zero attached hydrogens (tertiary/aromatic N) is 1. The quantitative estimate of drug-likeness (QED) is 0.190. The molecule has 0 radical (unpaired) electrons. The second kappa shape index (κ2) is 11.8. The maximum absolute atomic E-state index is 13.3. The maximum atomic E-state index is 13.3. The summed E-state index contributed by atoms with van der Waals surface area (Å²) in [7, 11) is 0. The number of hydrogen-bond acceptors (Lipinski definition) is 4. The number of carbonyl (C=O) groups is 3. The molecule has 0 aliphatic heterocycles. The highest BCUT2D eigenvalue weighted by Gasteiger charge is 2.22. The zero-order chi connectivity index (χ0) is 27.2. The average molecular weight is 533 g/mol. The molecule has 3 aromatic carbocycles. The molecule has 9 heteroatoms. The number of aromatic nitrogens is 1. The lowest BCUT2D eigenvalue weighted by atomic mass is 10.1. The second-order valence-corrected chi connectivity index (χ2v) is 9.35. The zero-order valence-electron chi connectivity index (χ0n) is 21.4. The molecular formula is C29H29ClN4O4. The van der Waals surface area contributed by atoms with E-state index in [1.807, 2.05) is 32.0 Å². The fourth-order valence-corrected chi connectivity index (χ4v) is 4.15. The normalized spacial score (nSPS) is 10.7. The smallest absolute Gasteiger partial charge is 0.328 e. The molecule has 38 heavy (non-hydrogen) atoms. The Morgan fingerprint density at radius 1 is 0.895 bits per heavy atom. The number of aryl methyl sites for hydroxylation is 2. The van der Waals surface area contributed by atoms with Gasteiger partial charge in [-0.05, 0) is 79.9 Å². The minimum Gasteiger partial charge on any atom is -0.494 e. The van der Waals surface area contributed by atoms with E-state index in [4.69, 9.17) is 16.3 Å². The molecule has 0 saturated heterocycles. The van der Waals surface area contributed by atoms with Crippen LogP contribution in [0.4, 0.5) is 11.4 Å². The topological polar surface area (TPSA) is 101 Å². The largest absolute Gasteiger partial charge is 0.494 e. The van der Waals surface area contributed by atoms with Crippen LogP contribution in [0.25, 0.3) is 10.9 Å². The van der Waals surface area contributed by atoms with Crippen molar-refractivity contribution in [2.24, 2.45) is 0 Å². The Balaban J connectivity index is 1.54. The molecule has 0 fully saturated rings. The standard InChI is InChI=1S/C29H29ClN4O4/c1-4-5-15-38-23-12-10-22(11-13-23)31-28(36)29(37)33-34-24-14-9-21(30)16-20(24)17-25(34)27(35)32-26-18(2)7-6-8-19(26)3/h6-14,16-17H,4-5,15H2,1-3H3,(H,31,36)(H,32,35)(H,33,37). The van der Waals surface area contributed by atoms with E-state index in [0.29, 0.717) is 39.7 Å². The molecule has 4 rings (SSSR count). The van der Waals surface area contributed by atoms with Crippen LogP contribution in [0, 0.1) is 13.8 Å². The van der Waals surface area contributed by atoms with Crippen LogP contribution in [0.2, 0.25) is 5.02 Å². The summed E-state index contributed by atoms with van der Waals surface area (Å²) in [5.74, 6) is -1.60. The van der Waals surface area contributed by atoms with Gasteiger partial charge < -0.3 is 15.4 Å². The van der Waals surface area contributed by atoms with Gasteiger partial charge in [-0.25, -0.2) is 4.68 Å². The summed E-state index contributed by atoms with van der Waals surface area (Å²) in [5, 5.41) is 6.59. The number of ether oxygens (including phenoxy) is 1. The number of rotatable bonds is 8. The van der Waals surface area contributed by atoms with Gasteiger partial charge in [-0.15, -0.1) is 0 Å². The van der Waals surface area contributed by atoms with E-state index in [1.54, 1.807) is 48.5 Å². The van der Waals surface area contributed by atoms with Crippen LogP contribution in [0.1, 0.15) is 41.4 Å². The van der Waals surface area contributed by atoms with Gasteiger partial charge in [0.15, 0.2) is 0 Å². The highest BCUT2D eigenvalue weighted by molar-refractivity contribution is 6.42. The Hall–Kier alpha value is -4.30. The monoisotopic (exact) mass is 532 g/mol. The molecule has 1 heterocycles. The number of fused-ring (bicyclic) bond motifs is 1. The van der Waals surface area contributed by atoms with Crippen LogP contribution in [-0.4, -0.2) is 29.0 Å². The zero-order valence-corrected chi connectivity index (χ0v) is 22.2. The first kappa shape index (κ1) is 26.8. The summed E-state index contributed by atoms with van der Waals surface area (Å²) in [6, 6.07) is 19.1. The summed E-state index contributed by atoms with van der Waals surface area (Å²) in [4.78, 5) is 38.9. The predicted octanol–water partition coefficient (Wildman–Crippen LogP) is 6.05. The van der Waals surface area contributed by atoms with Crippen LogP contribution in [0.3, 0.4) is 0 Å². The molecule has 3 N–H and O–H groups in total. The van der Waals surface area contributed by atoms with Crippen LogP contribution in [0.15, 0.2) is 66.7 Å². The molecule has 8 nitrogen and oxygen atoms in total. The van der Waals surface area contributed by atoms with Crippen molar-refractivity contribution in [1.29, 1.82) is 0 Å². The van der Waals surface area contributed by atoms with E-state index in [1.165, 1.54) is 4.68 Å². The van der Waals surface area contributed by atoms with Gasteiger partial charge in [0, 0.05) is 21.8 Å². The van der Waals surface area contributed by atoms with Gasteiger partial charge in [-0.3, -0.25) is 19.8 Å². The van der Waals surface area contributed by atoms with Crippen LogP contribution in [0.5, 0.6) is 5.75 Å². The van der Waals surface area contributed by atoms with Crippen LogP contribution < -0.4 is 20.8 Å². The van der Waals surface area contributed by atoms with Gasteiger partial charge in [0.1, 0.15) is 11.4 Å². The molecule has 0 bridgehead atoms. The van der Waals surface area contributed by atoms with E-state index in [-0.39, 0.29) is 5.69 Å². The minimum atomic E-state index is -0.943. The summed E-state index contributed by atoms with van der Waals surface area (Å²) < 4.78 is 6.92. The van der Waals surface area contributed by atoms with Crippen molar-refractivity contribution < 1.29 is 19.1 Å². The van der Waals surface area contributed by atoms with Crippen molar-refractivity contribution in [3.63, 3.8) is 0 Å². The molecule has 1 aromatic heterocycles. The van der Waals surface area contributed by atoms with Gasteiger partial charge in [0.05, 0.1) is 12.1 Å². The van der Waals surface area contributed by atoms with Gasteiger partial charge >= 0.3 is 11.8 Å². The molecule has 0 spiro atoms. The minimum absolute atomic E-state index is 0.139. The summed E-state index contributed by atoms with van der Waals surface area (Å²) in [6.07, 6.45) is 1.98. The number of nitrogens with one attached hydrogen (secondary N) is 3. The first-order valence-corrected chi connectivity index (χ1v) is 12.7. The van der Waals surface area contributed by atoms with E-state index >= 15 is 0 Å². The Kier molecular flexibility index (Phi) is 8.33. The van der Waals surface area contributed by atoms with Gasteiger partial charge in [-0.1, -0.05) is 43.1 Å². The van der Waals surface area contributed by atoms with E-state index in [9.17, 15) is 14.4 Å². The van der Waals surface area contributed by atoms with Crippen molar-refractivity contribution in [1.82, 2.24) is 4.68 Å². The number of benzene rings is 3. The Bertz CT molecular complexity index is 1470. The van der Waals surface area contributed by atoms with E-state index in [0.717, 1.165) is 24.0 Å². The van der Waals surface area contributed by atoms with Gasteiger partial charge in [0.25, 0.3) is 5.91 Å². The number of unbranched alkanes of at least 4 members (excludes halogenated alkanes) is 1. The molecule has 0 saturated carbocycles. The first-order valence-electron chi connectivity index (χ1n) is 12.3. The highest BCUT2D eigenvalue weighted by Crippen LogP contribution is 2.25. The number of anilines is 2. The van der Waals surface area contributed by atoms with Crippen molar-refractivity contribution >= 4 is 51.6 Å². The molecule has 0 aliphatic rings. The van der Waals surface area contributed by atoms with Crippen LogP contribution in [-0.2, 0) is 9.59 Å². The Labute approximate surface area is 225 Å². The van der Waals surface area contributed by atoms with Crippen molar-refractivity contribution in [3.8, 4) is 5.75 Å². The molecule has 0 unspecified atom stereocenters. The van der Waals surface area contributed by atoms with Gasteiger partial charge in [-0.2, -0.15) is 0 Å². The number of hydrogen-bond donors (Lipinski definition) is 3. The molecule has 0 aliphatic carbocycles. The third kappa shape index (κ3) is 6.15. The number of amides is 3. The molecule has 0 atom stereocenters. The molecular weight excluding hydrogens is 504 g/mol. The molecule has 4 aromatic rings. The van der Waals surface area contributed by atoms with E-state index < -0.39 is 17.7 Å². The third-order valence-electron chi connectivity index (χ3n) is 6.01. The van der Waals surface area contributed by atoms with Crippen molar-refractivity contribution in [3.05, 3.63) is 88.6 Å². The first-order chi connectivity index (χ1) is 18.3. The Morgan fingerprint density at radius 2 is 1.61 bits per heavy atom. The number of carbonyl (C=O) groups excluding carboxylic acids is 3. The molecule has 3 amide bonds. The maximum Gasteiger partial charge on any atom is 0.328 e. The number of para-hydroxylation sites is 1. The van der Waals surface area contributed by atoms with Crippen molar-refractivity contribution in [2.75, 3.05) is 22.7 Å². The SMILES string of the molecule is CCCCOc1ccc(NC(=O)C(=O)Nn2c(C(=O)Nc3c(C)cccc3C)cc3cc(Cl)ccc32)cc1. The lowest BCUT2D eigenvalue weighted by Crippen LogP contribution is -2.36. The predicted molar refractivity (Wildman–Crippen MR) is 151 cm³/mol. The highest BCUT2D eigenvalue weighted by atomic mass is 35.5. The number of halogens is 1. The third-order valence-corrected chi connectivity index (χ3v) is 6.25. The molecule has 196 valence electrons. The summed E-state index contributed by atoms with van der Waals surface area (Å²) in [6.45, 7) is 6.49. The van der Waals surface area contributed by atoms with Crippen molar-refractivity contribution in [2.45, 2.75) is 33.6 Å². The lowest BCUT2D eigenvalue weighted by molar-refractivity contribution is -0.133. The Morgan fingerprint density at radius 3 is 2.29 bits per heavy atom. The lowest BCUT2D eigenvalue weighted by Gasteiger charge is -2.15. The van der Waals surface area contributed by atoms with E-state index in [2.05, 4.69) is 23.0 Å². The van der Waals surface area contributed by atoms with Gasteiger partial charge in [0.2, 0.25) is 0 Å². The summed E-state index contributed by atoms with van der Waals surface area (Å²) in [5.41, 5.74) is 6.11. The second-order valence-electron chi connectivity index (χ2n) is 8.91. The summed E-state index contributed by atoms with van der Waals surface area (Å²) >= 11 is 6.15. The average Bonchev–Trinajstić information content (AvgIpc) is 3.24. The van der Waals surface area contributed by atoms with Crippen LogP contribution >= 0.6 is 11.6 Å². The fourth-order valence-electron chi connectivity index (χ4n) is 3.97.